The fourth-order valence-electron chi connectivity index (χ4n) is 2.14. The molecule has 0 bridgehead atoms. The number of aliphatic carboxylic acids is 1. The van der Waals surface area contributed by atoms with Gasteiger partial charge in [0.05, 0.1) is 0 Å². The van der Waals surface area contributed by atoms with E-state index in [2.05, 4.69) is 5.32 Å². The van der Waals surface area contributed by atoms with Crippen LogP contribution in [0.2, 0.25) is 0 Å². The molecule has 0 aromatic rings. The number of rotatable bonds is 14. The second-order valence-corrected chi connectivity index (χ2v) is 5.79. The minimum absolute atomic E-state index is 0.0785. The van der Waals surface area contributed by atoms with Gasteiger partial charge in [-0.15, -0.1) is 11.6 Å². The Labute approximate surface area is 127 Å². The summed E-state index contributed by atoms with van der Waals surface area (Å²) in [6.45, 7) is 3.74. The minimum Gasteiger partial charge on any atom is -0.481 e. The molecule has 118 valence electrons. The van der Waals surface area contributed by atoms with Gasteiger partial charge < -0.3 is 15.2 Å². The summed E-state index contributed by atoms with van der Waals surface area (Å²) in [5, 5.41) is 11.9. The Morgan fingerprint density at radius 1 is 1.25 bits per heavy atom. The van der Waals surface area contributed by atoms with Crippen LogP contribution in [-0.4, -0.2) is 36.3 Å². The average Bonchev–Trinajstić information content (AvgIpc) is 2.43. The van der Waals surface area contributed by atoms with Crippen molar-refractivity contribution in [2.75, 3.05) is 19.0 Å². The topological polar surface area (TPSA) is 66.4 Å². The lowest BCUT2D eigenvalue weighted by Crippen LogP contribution is -2.26. The molecular weight excluding hydrogens is 278 g/mol. The van der Waals surface area contributed by atoms with Crippen LogP contribution < -0.4 is 5.32 Å². The number of nitrogens with one attached hydrogen (secondary N) is 1. The van der Waals surface area contributed by atoms with E-state index in [1.165, 1.54) is 0 Å². The summed E-state index contributed by atoms with van der Waals surface area (Å²) in [4.78, 5) is 20.9. The molecule has 2 unspecified atom stereocenters. The Kier molecular flexibility index (Phi) is 13.0. The highest BCUT2D eigenvalue weighted by atomic mass is 35.5. The zero-order valence-corrected chi connectivity index (χ0v) is 13.2. The number of carbonyl (C=O) groups excluding carboxylic acids is 1. The molecule has 20 heavy (non-hydrogen) atoms. The van der Waals surface area contributed by atoms with Crippen LogP contribution in [-0.2, 0) is 9.59 Å². The number of hydrogen-bond acceptors (Lipinski definition) is 3. The second kappa shape index (κ2) is 13.4. The highest BCUT2D eigenvalue weighted by molar-refractivity contribution is 6.18. The fraction of sp³-hybridized carbons (Fsp3) is 0.867. The van der Waals surface area contributed by atoms with Gasteiger partial charge in [-0.3, -0.25) is 4.79 Å². The third-order valence-corrected chi connectivity index (χ3v) is 3.77. The predicted molar refractivity (Wildman–Crippen MR) is 82.3 cm³/mol. The van der Waals surface area contributed by atoms with Crippen LogP contribution in [0.1, 0.15) is 51.9 Å². The normalized spacial score (nSPS) is 13.9. The van der Waals surface area contributed by atoms with Crippen molar-refractivity contribution in [3.63, 3.8) is 0 Å². The fourth-order valence-corrected chi connectivity index (χ4v) is 2.38. The van der Waals surface area contributed by atoms with E-state index in [1.807, 2.05) is 6.92 Å². The van der Waals surface area contributed by atoms with Gasteiger partial charge in [0.15, 0.2) is 0 Å². The quantitative estimate of drug-likeness (QED) is 0.294. The molecule has 0 amide bonds. The van der Waals surface area contributed by atoms with Gasteiger partial charge in [-0.2, -0.15) is 0 Å². The van der Waals surface area contributed by atoms with Crippen LogP contribution in [0, 0.1) is 11.8 Å². The Bertz CT molecular complexity index is 262. The SMILES string of the molecule is CC(C=O)CC(CCl)CNCCCCCCCC(=O)O. The molecule has 0 saturated carbocycles. The van der Waals surface area contributed by atoms with E-state index in [9.17, 15) is 9.59 Å². The van der Waals surface area contributed by atoms with Crippen LogP contribution in [0.4, 0.5) is 0 Å². The summed E-state index contributed by atoms with van der Waals surface area (Å²) in [7, 11) is 0. The zero-order valence-electron chi connectivity index (χ0n) is 12.4. The average molecular weight is 306 g/mol. The molecule has 0 heterocycles. The summed E-state index contributed by atoms with van der Waals surface area (Å²) in [6, 6.07) is 0. The number of unbranched alkanes of at least 4 members (excludes halogenated alkanes) is 4. The first kappa shape index (κ1) is 19.4. The van der Waals surface area contributed by atoms with Crippen LogP contribution in [0.5, 0.6) is 0 Å². The number of carbonyl (C=O) groups is 2. The van der Waals surface area contributed by atoms with Crippen molar-refractivity contribution in [2.24, 2.45) is 11.8 Å². The maximum absolute atomic E-state index is 10.6. The van der Waals surface area contributed by atoms with Crippen LogP contribution in [0.25, 0.3) is 0 Å². The lowest BCUT2D eigenvalue weighted by Gasteiger charge is -2.16. The third-order valence-electron chi connectivity index (χ3n) is 3.33. The van der Waals surface area contributed by atoms with Crippen molar-refractivity contribution in [3.8, 4) is 0 Å². The van der Waals surface area contributed by atoms with Gasteiger partial charge in [0.2, 0.25) is 0 Å². The highest BCUT2D eigenvalue weighted by Crippen LogP contribution is 2.11. The molecule has 0 aromatic heterocycles. The summed E-state index contributed by atoms with van der Waals surface area (Å²) in [5.41, 5.74) is 0. The van der Waals surface area contributed by atoms with Crippen LogP contribution >= 0.6 is 11.6 Å². The molecule has 0 aliphatic carbocycles. The van der Waals surface area contributed by atoms with Gasteiger partial charge in [0, 0.05) is 18.2 Å². The number of carboxylic acids is 1. The zero-order chi connectivity index (χ0) is 15.2. The third kappa shape index (κ3) is 12.4. The first-order valence-corrected chi connectivity index (χ1v) is 8.07. The Morgan fingerprint density at radius 3 is 2.50 bits per heavy atom. The van der Waals surface area contributed by atoms with Crippen molar-refractivity contribution in [1.29, 1.82) is 0 Å². The first-order chi connectivity index (χ1) is 9.60. The van der Waals surface area contributed by atoms with Gasteiger partial charge >= 0.3 is 5.97 Å². The first-order valence-electron chi connectivity index (χ1n) is 7.54. The summed E-state index contributed by atoms with van der Waals surface area (Å²) >= 11 is 5.89. The molecule has 0 saturated heterocycles. The van der Waals surface area contributed by atoms with E-state index >= 15 is 0 Å². The molecule has 5 heteroatoms. The largest absolute Gasteiger partial charge is 0.481 e. The summed E-state index contributed by atoms with van der Waals surface area (Å²) in [5.74, 6) is 0.311. The number of halogens is 1. The van der Waals surface area contributed by atoms with E-state index in [-0.39, 0.29) is 12.3 Å². The monoisotopic (exact) mass is 305 g/mol. The smallest absolute Gasteiger partial charge is 0.303 e. The molecule has 0 aliphatic rings. The highest BCUT2D eigenvalue weighted by Gasteiger charge is 2.11. The standard InChI is InChI=1S/C15H28ClNO3/c1-13(12-18)9-14(10-16)11-17-8-6-4-2-3-5-7-15(19)20/h12-14,17H,2-11H2,1H3,(H,19,20). The molecule has 0 fully saturated rings. The minimum atomic E-state index is -0.705. The summed E-state index contributed by atoms with van der Waals surface area (Å²) < 4.78 is 0. The molecular formula is C15H28ClNO3. The van der Waals surface area contributed by atoms with E-state index in [1.54, 1.807) is 0 Å². The van der Waals surface area contributed by atoms with Crippen molar-refractivity contribution < 1.29 is 14.7 Å². The Balaban J connectivity index is 3.37. The Morgan fingerprint density at radius 2 is 1.90 bits per heavy atom. The number of hydrogen-bond donors (Lipinski definition) is 2. The summed E-state index contributed by atoms with van der Waals surface area (Å²) in [6.07, 6.45) is 7.20. The van der Waals surface area contributed by atoms with E-state index in [0.29, 0.717) is 11.8 Å². The van der Waals surface area contributed by atoms with Gasteiger partial charge in [-0.25, -0.2) is 0 Å². The van der Waals surface area contributed by atoms with Gasteiger partial charge in [0.1, 0.15) is 6.29 Å². The van der Waals surface area contributed by atoms with Gasteiger partial charge in [0.25, 0.3) is 0 Å². The maximum Gasteiger partial charge on any atom is 0.303 e. The van der Waals surface area contributed by atoms with Crippen LogP contribution in [0.3, 0.4) is 0 Å². The lowest BCUT2D eigenvalue weighted by molar-refractivity contribution is -0.137. The van der Waals surface area contributed by atoms with Crippen molar-refractivity contribution >= 4 is 23.9 Å². The molecule has 0 radical (unpaired) electrons. The van der Waals surface area contributed by atoms with Crippen LogP contribution in [0.15, 0.2) is 0 Å². The molecule has 2 atom stereocenters. The molecule has 2 N–H and O–H groups in total. The van der Waals surface area contributed by atoms with E-state index in [4.69, 9.17) is 16.7 Å². The number of alkyl halides is 1. The molecule has 0 aromatic carbocycles. The van der Waals surface area contributed by atoms with Gasteiger partial charge in [-0.1, -0.05) is 26.2 Å². The van der Waals surface area contributed by atoms with E-state index in [0.717, 1.165) is 57.9 Å². The van der Waals surface area contributed by atoms with Crippen molar-refractivity contribution in [2.45, 2.75) is 51.9 Å². The predicted octanol–water partition coefficient (Wildman–Crippen LogP) is 3.08. The van der Waals surface area contributed by atoms with Crippen molar-refractivity contribution in [3.05, 3.63) is 0 Å². The molecule has 0 aliphatic heterocycles. The van der Waals surface area contributed by atoms with E-state index < -0.39 is 5.97 Å². The Hall–Kier alpha value is -0.610. The molecule has 0 rings (SSSR count). The van der Waals surface area contributed by atoms with Gasteiger partial charge in [-0.05, 0) is 38.3 Å². The number of carboxylic acid groups (broad SMARTS) is 1. The lowest BCUT2D eigenvalue weighted by atomic mass is 9.98. The van der Waals surface area contributed by atoms with Crippen molar-refractivity contribution in [1.82, 2.24) is 5.32 Å². The maximum atomic E-state index is 10.6. The molecule has 4 nitrogen and oxygen atoms in total. The molecule has 0 spiro atoms. The second-order valence-electron chi connectivity index (χ2n) is 5.49. The number of aldehydes is 1.